The van der Waals surface area contributed by atoms with Crippen molar-refractivity contribution in [1.82, 2.24) is 4.90 Å². The Morgan fingerprint density at radius 2 is 2.30 bits per heavy atom. The number of methoxy groups -OCH3 is 1. The highest BCUT2D eigenvalue weighted by atomic mass is 35.5. The number of likely N-dealkylation sites (tertiary alicyclic amines) is 1. The summed E-state index contributed by atoms with van der Waals surface area (Å²) in [4.78, 5) is 14.2. The molecule has 0 bridgehead atoms. The van der Waals surface area contributed by atoms with Crippen molar-refractivity contribution in [2.45, 2.75) is 38.3 Å². The SMILES string of the molecule is COc1cccc(C2CCCN2C(=O)CC(C)N)c1.Cl. The van der Waals surface area contributed by atoms with Crippen LogP contribution in [0.4, 0.5) is 0 Å². The van der Waals surface area contributed by atoms with Crippen LogP contribution < -0.4 is 10.5 Å². The molecule has 2 rings (SSSR count). The van der Waals surface area contributed by atoms with Crippen molar-refractivity contribution in [3.05, 3.63) is 29.8 Å². The van der Waals surface area contributed by atoms with Crippen molar-refractivity contribution in [2.75, 3.05) is 13.7 Å². The predicted octanol–water partition coefficient (Wildman–Crippen LogP) is 2.52. The van der Waals surface area contributed by atoms with Crippen LogP contribution in [0.5, 0.6) is 5.75 Å². The Balaban J connectivity index is 0.00000200. The third-order valence-electron chi connectivity index (χ3n) is 3.55. The molecule has 0 spiro atoms. The Morgan fingerprint density at radius 3 is 2.95 bits per heavy atom. The molecule has 0 aromatic heterocycles. The van der Waals surface area contributed by atoms with Crippen molar-refractivity contribution in [1.29, 1.82) is 0 Å². The smallest absolute Gasteiger partial charge is 0.224 e. The molecule has 0 saturated carbocycles. The number of amides is 1. The van der Waals surface area contributed by atoms with Crippen LogP contribution in [0, 0.1) is 0 Å². The van der Waals surface area contributed by atoms with E-state index in [1.165, 1.54) is 0 Å². The normalized spacial score (nSPS) is 19.4. The summed E-state index contributed by atoms with van der Waals surface area (Å²) in [6.45, 7) is 2.70. The minimum Gasteiger partial charge on any atom is -0.497 e. The molecule has 1 heterocycles. The number of carbonyl (C=O) groups excluding carboxylic acids is 1. The Morgan fingerprint density at radius 1 is 1.55 bits per heavy atom. The van der Waals surface area contributed by atoms with Crippen LogP contribution in [0.1, 0.15) is 37.8 Å². The summed E-state index contributed by atoms with van der Waals surface area (Å²) in [7, 11) is 1.66. The monoisotopic (exact) mass is 298 g/mol. The van der Waals surface area contributed by atoms with Crippen LogP contribution in [0.15, 0.2) is 24.3 Å². The van der Waals surface area contributed by atoms with E-state index < -0.39 is 0 Å². The van der Waals surface area contributed by atoms with Gasteiger partial charge in [0.2, 0.25) is 5.91 Å². The van der Waals surface area contributed by atoms with Gasteiger partial charge in [0.05, 0.1) is 13.2 Å². The summed E-state index contributed by atoms with van der Waals surface area (Å²) in [5, 5.41) is 0. The number of rotatable bonds is 4. The van der Waals surface area contributed by atoms with Gasteiger partial charge in [0, 0.05) is 19.0 Å². The maximum absolute atomic E-state index is 12.2. The minimum atomic E-state index is -0.0842. The third-order valence-corrected chi connectivity index (χ3v) is 3.55. The summed E-state index contributed by atoms with van der Waals surface area (Å²) in [6.07, 6.45) is 2.48. The van der Waals surface area contributed by atoms with E-state index in [1.807, 2.05) is 30.0 Å². The van der Waals surface area contributed by atoms with Crippen LogP contribution in [0.25, 0.3) is 0 Å². The van der Waals surface area contributed by atoms with E-state index in [2.05, 4.69) is 6.07 Å². The van der Waals surface area contributed by atoms with Gasteiger partial charge in [-0.2, -0.15) is 0 Å². The lowest BCUT2D eigenvalue weighted by atomic mass is 10.0. The second kappa shape index (κ2) is 7.50. The fourth-order valence-electron chi connectivity index (χ4n) is 2.65. The van der Waals surface area contributed by atoms with Gasteiger partial charge in [0.1, 0.15) is 5.75 Å². The number of nitrogens with zero attached hydrogens (tertiary/aromatic N) is 1. The fourth-order valence-corrected chi connectivity index (χ4v) is 2.65. The number of nitrogens with two attached hydrogens (primary N) is 1. The molecule has 2 N–H and O–H groups in total. The van der Waals surface area contributed by atoms with E-state index >= 15 is 0 Å². The summed E-state index contributed by atoms with van der Waals surface area (Å²) in [6, 6.07) is 8.06. The summed E-state index contributed by atoms with van der Waals surface area (Å²) < 4.78 is 5.25. The molecule has 2 unspecified atom stereocenters. The predicted molar refractivity (Wildman–Crippen MR) is 82.2 cm³/mol. The molecule has 112 valence electrons. The molecule has 1 saturated heterocycles. The largest absolute Gasteiger partial charge is 0.497 e. The zero-order valence-electron chi connectivity index (χ0n) is 12.0. The van der Waals surface area contributed by atoms with Gasteiger partial charge in [-0.05, 0) is 37.5 Å². The average molecular weight is 299 g/mol. The highest BCUT2D eigenvalue weighted by molar-refractivity contribution is 5.85. The van der Waals surface area contributed by atoms with Gasteiger partial charge in [0.15, 0.2) is 0 Å². The van der Waals surface area contributed by atoms with Gasteiger partial charge in [-0.15, -0.1) is 12.4 Å². The molecular weight excluding hydrogens is 276 g/mol. The molecule has 1 amide bonds. The van der Waals surface area contributed by atoms with Crippen molar-refractivity contribution in [3.63, 3.8) is 0 Å². The van der Waals surface area contributed by atoms with Gasteiger partial charge in [-0.1, -0.05) is 12.1 Å². The van der Waals surface area contributed by atoms with Crippen LogP contribution in [0.2, 0.25) is 0 Å². The first kappa shape index (κ1) is 16.8. The fraction of sp³-hybridized carbons (Fsp3) is 0.533. The number of halogens is 1. The van der Waals surface area contributed by atoms with Gasteiger partial charge in [-0.25, -0.2) is 0 Å². The summed E-state index contributed by atoms with van der Waals surface area (Å²) in [5.74, 6) is 0.990. The lowest BCUT2D eigenvalue weighted by Crippen LogP contribution is -2.34. The lowest BCUT2D eigenvalue weighted by molar-refractivity contribution is -0.132. The topological polar surface area (TPSA) is 55.6 Å². The molecule has 2 atom stereocenters. The molecule has 4 nitrogen and oxygen atoms in total. The Labute approximate surface area is 126 Å². The second-order valence-corrected chi connectivity index (χ2v) is 5.20. The van der Waals surface area contributed by atoms with Gasteiger partial charge in [-0.3, -0.25) is 4.79 Å². The van der Waals surface area contributed by atoms with Gasteiger partial charge < -0.3 is 15.4 Å². The van der Waals surface area contributed by atoms with E-state index in [0.717, 1.165) is 30.7 Å². The van der Waals surface area contributed by atoms with E-state index in [4.69, 9.17) is 10.5 Å². The van der Waals surface area contributed by atoms with E-state index in [9.17, 15) is 4.79 Å². The molecule has 0 radical (unpaired) electrons. The van der Waals surface area contributed by atoms with Gasteiger partial charge >= 0.3 is 0 Å². The average Bonchev–Trinajstić information content (AvgIpc) is 2.87. The summed E-state index contributed by atoms with van der Waals surface area (Å²) >= 11 is 0. The van der Waals surface area contributed by atoms with Crippen molar-refractivity contribution >= 4 is 18.3 Å². The lowest BCUT2D eigenvalue weighted by Gasteiger charge is -2.26. The molecule has 20 heavy (non-hydrogen) atoms. The van der Waals surface area contributed by atoms with Crippen LogP contribution in [0.3, 0.4) is 0 Å². The van der Waals surface area contributed by atoms with Gasteiger partial charge in [0.25, 0.3) is 0 Å². The molecule has 1 aliphatic rings. The summed E-state index contributed by atoms with van der Waals surface area (Å²) in [5.41, 5.74) is 6.87. The van der Waals surface area contributed by atoms with Crippen molar-refractivity contribution in [2.24, 2.45) is 5.73 Å². The molecule has 1 aliphatic heterocycles. The number of ether oxygens (including phenoxy) is 1. The third kappa shape index (κ3) is 3.87. The number of benzene rings is 1. The highest BCUT2D eigenvalue weighted by Gasteiger charge is 2.30. The first-order valence-corrected chi connectivity index (χ1v) is 6.81. The zero-order valence-corrected chi connectivity index (χ0v) is 12.9. The van der Waals surface area contributed by atoms with E-state index in [0.29, 0.717) is 6.42 Å². The van der Waals surface area contributed by atoms with Crippen molar-refractivity contribution in [3.8, 4) is 5.75 Å². The molecule has 1 aromatic rings. The molecule has 1 fully saturated rings. The van der Waals surface area contributed by atoms with Crippen LogP contribution >= 0.6 is 12.4 Å². The number of hydrogen-bond donors (Lipinski definition) is 1. The minimum absolute atomic E-state index is 0. The van der Waals surface area contributed by atoms with Crippen molar-refractivity contribution < 1.29 is 9.53 Å². The van der Waals surface area contributed by atoms with Crippen LogP contribution in [-0.2, 0) is 4.79 Å². The maximum atomic E-state index is 12.2. The van der Waals surface area contributed by atoms with E-state index in [1.54, 1.807) is 7.11 Å². The number of carbonyl (C=O) groups is 1. The Kier molecular flexibility index (Phi) is 6.30. The highest BCUT2D eigenvalue weighted by Crippen LogP contribution is 2.33. The molecule has 5 heteroatoms. The molecular formula is C15H23ClN2O2. The first-order valence-electron chi connectivity index (χ1n) is 6.81. The molecule has 0 aliphatic carbocycles. The van der Waals surface area contributed by atoms with Crippen LogP contribution in [-0.4, -0.2) is 30.5 Å². The quantitative estimate of drug-likeness (QED) is 0.929. The Hall–Kier alpha value is -1.26. The zero-order chi connectivity index (χ0) is 13.8. The van der Waals surface area contributed by atoms with E-state index in [-0.39, 0.29) is 30.4 Å². The number of hydrogen-bond acceptors (Lipinski definition) is 3. The first-order chi connectivity index (χ1) is 9.11. The standard InChI is InChI=1S/C15H22N2O2.ClH/c1-11(16)9-15(18)17-8-4-7-14(17)12-5-3-6-13(10-12)19-2;/h3,5-6,10-11,14H,4,7-9,16H2,1-2H3;1H. The second-order valence-electron chi connectivity index (χ2n) is 5.20. The maximum Gasteiger partial charge on any atom is 0.224 e. The molecule has 1 aromatic carbocycles. The Bertz CT molecular complexity index is 451.